The molecular weight excluding hydrogens is 192 g/mol. The van der Waals surface area contributed by atoms with Crippen molar-refractivity contribution in [2.24, 2.45) is 23.5 Å². The number of nitrogens with two attached hydrogens (primary N) is 1. The van der Waals surface area contributed by atoms with E-state index in [0.717, 1.165) is 23.8 Å². The second kappa shape index (κ2) is 3.39. The van der Waals surface area contributed by atoms with Crippen LogP contribution in [0.15, 0.2) is 0 Å². The lowest BCUT2D eigenvalue weighted by molar-refractivity contribution is -0.0221. The Kier molecular flexibility index (Phi) is 2.30. The fraction of sp³-hybridized carbons (Fsp3) is 1.00. The van der Waals surface area contributed by atoms with Crippen molar-refractivity contribution in [3.05, 3.63) is 0 Å². The maximum absolute atomic E-state index is 6.09. The van der Waals surface area contributed by atoms with E-state index < -0.39 is 0 Å². The zero-order chi connectivity index (χ0) is 9.71. The lowest BCUT2D eigenvalue weighted by Gasteiger charge is -2.54. The fourth-order valence-electron chi connectivity index (χ4n) is 3.35. The average molecular weight is 212 g/mol. The van der Waals surface area contributed by atoms with Crippen molar-refractivity contribution in [3.8, 4) is 0 Å². The van der Waals surface area contributed by atoms with Crippen molar-refractivity contribution in [3.63, 3.8) is 0 Å². The normalized spacial score (nSPS) is 53.1. The minimum Gasteiger partial charge on any atom is -0.327 e. The van der Waals surface area contributed by atoms with Gasteiger partial charge < -0.3 is 5.73 Å². The Morgan fingerprint density at radius 2 is 1.93 bits per heavy atom. The molecule has 4 rings (SSSR count). The predicted molar refractivity (Wildman–Crippen MR) is 61.4 cm³/mol. The highest BCUT2D eigenvalue weighted by Crippen LogP contribution is 2.41. The van der Waals surface area contributed by atoms with E-state index in [9.17, 15) is 0 Å². The molecule has 3 heterocycles. The first-order valence-electron chi connectivity index (χ1n) is 5.83. The van der Waals surface area contributed by atoms with Gasteiger partial charge in [0, 0.05) is 30.9 Å². The Morgan fingerprint density at radius 1 is 1.21 bits per heavy atom. The third-order valence-corrected chi connectivity index (χ3v) is 5.77. The average Bonchev–Trinajstić information content (AvgIpc) is 2.64. The number of fused-ring (bicyclic) bond motifs is 2. The van der Waals surface area contributed by atoms with Crippen molar-refractivity contribution < 1.29 is 0 Å². The molecule has 80 valence electrons. The van der Waals surface area contributed by atoms with E-state index in [1.165, 1.54) is 31.0 Å². The molecule has 0 aromatic heterocycles. The van der Waals surface area contributed by atoms with Gasteiger partial charge in [-0.3, -0.25) is 4.90 Å². The summed E-state index contributed by atoms with van der Waals surface area (Å²) in [6.07, 6.45) is 1.41. The summed E-state index contributed by atoms with van der Waals surface area (Å²) >= 11 is 2.13. The van der Waals surface area contributed by atoms with E-state index in [2.05, 4.69) is 23.6 Å². The minimum absolute atomic E-state index is 0.538. The van der Waals surface area contributed by atoms with Crippen LogP contribution in [0.4, 0.5) is 0 Å². The van der Waals surface area contributed by atoms with Gasteiger partial charge in [0.15, 0.2) is 0 Å². The van der Waals surface area contributed by atoms with Gasteiger partial charge in [0.05, 0.1) is 0 Å². The highest BCUT2D eigenvalue weighted by Gasteiger charge is 2.47. The maximum Gasteiger partial charge on any atom is 0.0220 e. The highest BCUT2D eigenvalue weighted by molar-refractivity contribution is 7.99. The number of piperidine rings is 2. The van der Waals surface area contributed by atoms with E-state index in [0.29, 0.717) is 6.04 Å². The molecule has 3 heteroatoms. The summed E-state index contributed by atoms with van der Waals surface area (Å²) in [4.78, 5) is 2.73. The topological polar surface area (TPSA) is 29.3 Å². The molecule has 0 aromatic carbocycles. The molecule has 3 aliphatic heterocycles. The molecule has 1 saturated carbocycles. The molecule has 2 N–H and O–H groups in total. The van der Waals surface area contributed by atoms with Crippen molar-refractivity contribution >= 4 is 11.8 Å². The van der Waals surface area contributed by atoms with E-state index in [-0.39, 0.29) is 0 Å². The van der Waals surface area contributed by atoms with Gasteiger partial charge in [0.1, 0.15) is 0 Å². The van der Waals surface area contributed by atoms with Crippen LogP contribution in [0.25, 0.3) is 0 Å². The van der Waals surface area contributed by atoms with Crippen LogP contribution in [0.3, 0.4) is 0 Å². The zero-order valence-corrected chi connectivity index (χ0v) is 9.67. The van der Waals surface area contributed by atoms with Crippen LogP contribution in [0.2, 0.25) is 0 Å². The van der Waals surface area contributed by atoms with Gasteiger partial charge in [-0.15, -0.1) is 0 Å². The van der Waals surface area contributed by atoms with Crippen molar-refractivity contribution in [1.82, 2.24) is 4.90 Å². The largest absolute Gasteiger partial charge is 0.327 e. The summed E-state index contributed by atoms with van der Waals surface area (Å²) < 4.78 is 0. The summed E-state index contributed by atoms with van der Waals surface area (Å²) in [6, 6.07) is 1.40. The lowest BCUT2D eigenvalue weighted by Crippen LogP contribution is -2.64. The number of hydrogen-bond donors (Lipinski definition) is 1. The molecule has 4 aliphatic rings. The summed E-state index contributed by atoms with van der Waals surface area (Å²) in [6.45, 7) is 4.98. The lowest BCUT2D eigenvalue weighted by atomic mass is 9.66. The molecular formula is C11H20N2S. The highest BCUT2D eigenvalue weighted by atomic mass is 32.2. The van der Waals surface area contributed by atoms with Crippen LogP contribution in [-0.4, -0.2) is 41.6 Å². The molecule has 14 heavy (non-hydrogen) atoms. The third-order valence-electron chi connectivity index (χ3n) is 4.43. The molecule has 4 unspecified atom stereocenters. The molecule has 4 atom stereocenters. The van der Waals surface area contributed by atoms with Gasteiger partial charge in [-0.2, -0.15) is 11.8 Å². The third kappa shape index (κ3) is 1.33. The number of thioether (sulfide) groups is 1. The van der Waals surface area contributed by atoms with Gasteiger partial charge in [-0.1, -0.05) is 6.92 Å². The summed E-state index contributed by atoms with van der Waals surface area (Å²) in [7, 11) is 0. The predicted octanol–water partition coefficient (Wildman–Crippen LogP) is 1.02. The molecule has 0 amide bonds. The standard InChI is InChI=1S/C11H20N2S/c1-7-5-14-6-10(7)13-3-8-2-9(4-13)11(8)12/h7-11H,2-6,12H2,1H3. The van der Waals surface area contributed by atoms with Crippen LogP contribution in [-0.2, 0) is 0 Å². The first-order chi connectivity index (χ1) is 6.75. The van der Waals surface area contributed by atoms with Crippen LogP contribution >= 0.6 is 11.8 Å². The Bertz CT molecular complexity index is 221. The second-order valence-corrected chi connectivity index (χ2v) is 6.44. The van der Waals surface area contributed by atoms with Gasteiger partial charge in [-0.05, 0) is 29.9 Å². The monoisotopic (exact) mass is 212 g/mol. The van der Waals surface area contributed by atoms with Crippen LogP contribution in [0, 0.1) is 17.8 Å². The Labute approximate surface area is 90.6 Å². The van der Waals surface area contributed by atoms with E-state index >= 15 is 0 Å². The first kappa shape index (κ1) is 9.49. The number of rotatable bonds is 1. The summed E-state index contributed by atoms with van der Waals surface area (Å²) in [5.74, 6) is 5.27. The van der Waals surface area contributed by atoms with E-state index in [4.69, 9.17) is 5.73 Å². The van der Waals surface area contributed by atoms with Crippen LogP contribution in [0.5, 0.6) is 0 Å². The van der Waals surface area contributed by atoms with Gasteiger partial charge in [0.2, 0.25) is 0 Å². The maximum atomic E-state index is 6.09. The number of nitrogens with zero attached hydrogens (tertiary/aromatic N) is 1. The zero-order valence-electron chi connectivity index (χ0n) is 8.86. The first-order valence-corrected chi connectivity index (χ1v) is 6.98. The smallest absolute Gasteiger partial charge is 0.0220 e. The van der Waals surface area contributed by atoms with Crippen molar-refractivity contribution in [1.29, 1.82) is 0 Å². The molecule has 1 aliphatic carbocycles. The summed E-state index contributed by atoms with van der Waals surface area (Å²) in [5, 5.41) is 0. The molecule has 2 nitrogen and oxygen atoms in total. The van der Waals surface area contributed by atoms with Crippen LogP contribution in [0.1, 0.15) is 13.3 Å². The molecule has 0 aromatic rings. The molecule has 2 bridgehead atoms. The van der Waals surface area contributed by atoms with E-state index in [1.807, 2.05) is 0 Å². The van der Waals surface area contributed by atoms with Crippen molar-refractivity contribution in [2.75, 3.05) is 24.6 Å². The van der Waals surface area contributed by atoms with Crippen molar-refractivity contribution in [2.45, 2.75) is 25.4 Å². The SMILES string of the molecule is CC1CSCC1N1CC2CC(C1)C2N. The Morgan fingerprint density at radius 3 is 2.43 bits per heavy atom. The minimum atomic E-state index is 0.538. The Hall–Kier alpha value is 0.270. The van der Waals surface area contributed by atoms with E-state index in [1.54, 1.807) is 0 Å². The molecule has 0 radical (unpaired) electrons. The molecule has 3 saturated heterocycles. The van der Waals surface area contributed by atoms with Gasteiger partial charge in [0.25, 0.3) is 0 Å². The van der Waals surface area contributed by atoms with Gasteiger partial charge >= 0.3 is 0 Å². The van der Waals surface area contributed by atoms with Crippen LogP contribution < -0.4 is 5.73 Å². The Balaban J connectivity index is 1.65. The second-order valence-electron chi connectivity index (χ2n) is 5.37. The number of hydrogen-bond acceptors (Lipinski definition) is 3. The fourth-order valence-corrected chi connectivity index (χ4v) is 4.86. The quantitative estimate of drug-likeness (QED) is 0.703. The molecule has 4 fully saturated rings. The van der Waals surface area contributed by atoms with Gasteiger partial charge in [-0.25, -0.2) is 0 Å². The summed E-state index contributed by atoms with van der Waals surface area (Å²) in [5.41, 5.74) is 6.09. The molecule has 0 spiro atoms.